The van der Waals surface area contributed by atoms with Gasteiger partial charge in [-0.3, -0.25) is 0 Å². The van der Waals surface area contributed by atoms with E-state index in [0.717, 1.165) is 26.2 Å². The normalized spacial score (nSPS) is 20.9. The van der Waals surface area contributed by atoms with Gasteiger partial charge in [0.25, 0.3) is 0 Å². The minimum atomic E-state index is 0.514. The number of hydrogen-bond acceptors (Lipinski definition) is 2. The third-order valence-corrected chi connectivity index (χ3v) is 4.78. The Morgan fingerprint density at radius 2 is 1.45 bits per heavy atom. The number of unbranched alkanes of at least 4 members (excludes halogenated alkanes) is 4. The molecule has 0 aromatic rings. The van der Waals surface area contributed by atoms with Gasteiger partial charge >= 0.3 is 0 Å². The van der Waals surface area contributed by atoms with E-state index in [1.807, 2.05) is 4.81 Å². The van der Waals surface area contributed by atoms with E-state index in [0.29, 0.717) is 5.41 Å². The predicted octanol–water partition coefficient (Wildman–Crippen LogP) is 3.85. The zero-order chi connectivity index (χ0) is 14.8. The van der Waals surface area contributed by atoms with Crippen molar-refractivity contribution in [3.63, 3.8) is 0 Å². The van der Waals surface area contributed by atoms with Crippen LogP contribution in [0.3, 0.4) is 0 Å². The molecule has 2 radical (unpaired) electrons. The van der Waals surface area contributed by atoms with Crippen LogP contribution in [0.1, 0.15) is 72.1 Å². The van der Waals surface area contributed by atoms with Crippen molar-refractivity contribution >= 4 is 7.98 Å². The smallest absolute Gasteiger partial charge is 0.182 e. The van der Waals surface area contributed by atoms with E-state index in [1.165, 1.54) is 57.9 Å². The molecule has 0 amide bonds. The highest BCUT2D eigenvalue weighted by Crippen LogP contribution is 2.32. The standard InChI is InChI=1S/C17H35BN2/c1-4-6-8-9-11-17(3,10-7-5-2)16-19-12-14-20(18)15-13-19/h4-16H2,1-3H3. The molecule has 116 valence electrons. The Bertz CT molecular complexity index is 239. The molecule has 1 rings (SSSR count). The number of hydrogen-bond donors (Lipinski definition) is 0. The zero-order valence-corrected chi connectivity index (χ0v) is 14.2. The minimum absolute atomic E-state index is 0.514. The van der Waals surface area contributed by atoms with Gasteiger partial charge in [0.1, 0.15) is 0 Å². The first kappa shape index (κ1) is 18.0. The molecule has 0 saturated carbocycles. The Labute approximate surface area is 128 Å². The molecule has 1 fully saturated rings. The fourth-order valence-corrected chi connectivity index (χ4v) is 3.33. The van der Waals surface area contributed by atoms with E-state index in [1.54, 1.807) is 0 Å². The molecule has 1 aliphatic heterocycles. The molecule has 1 heterocycles. The van der Waals surface area contributed by atoms with E-state index in [4.69, 9.17) is 7.98 Å². The highest BCUT2D eigenvalue weighted by Gasteiger charge is 2.27. The van der Waals surface area contributed by atoms with Crippen molar-refractivity contribution in [3.05, 3.63) is 0 Å². The molecule has 0 spiro atoms. The molecular weight excluding hydrogens is 243 g/mol. The Kier molecular flexibility index (Phi) is 8.87. The number of rotatable bonds is 10. The summed E-state index contributed by atoms with van der Waals surface area (Å²) in [6.45, 7) is 12.7. The Morgan fingerprint density at radius 1 is 0.850 bits per heavy atom. The van der Waals surface area contributed by atoms with Gasteiger partial charge in [0.2, 0.25) is 0 Å². The van der Waals surface area contributed by atoms with Crippen LogP contribution in [0.15, 0.2) is 0 Å². The summed E-state index contributed by atoms with van der Waals surface area (Å²) >= 11 is 0. The molecule has 1 saturated heterocycles. The van der Waals surface area contributed by atoms with Crippen molar-refractivity contribution in [2.75, 3.05) is 32.7 Å². The Balaban J connectivity index is 2.40. The average molecular weight is 278 g/mol. The summed E-state index contributed by atoms with van der Waals surface area (Å²) in [5.74, 6) is 0. The minimum Gasteiger partial charge on any atom is -0.351 e. The lowest BCUT2D eigenvalue weighted by atomic mass is 9.79. The summed E-state index contributed by atoms with van der Waals surface area (Å²) in [5, 5.41) is 0. The molecule has 0 aromatic carbocycles. The van der Waals surface area contributed by atoms with Crippen LogP contribution < -0.4 is 0 Å². The summed E-state index contributed by atoms with van der Waals surface area (Å²) in [5.41, 5.74) is 0.514. The first-order valence-corrected chi connectivity index (χ1v) is 8.81. The monoisotopic (exact) mass is 278 g/mol. The second-order valence-corrected chi connectivity index (χ2v) is 7.04. The van der Waals surface area contributed by atoms with Crippen molar-refractivity contribution in [1.82, 2.24) is 9.71 Å². The maximum absolute atomic E-state index is 5.86. The Hall–Kier alpha value is -0.0151. The van der Waals surface area contributed by atoms with Crippen molar-refractivity contribution in [2.45, 2.75) is 72.1 Å². The quantitative estimate of drug-likeness (QED) is 0.442. The first-order valence-electron chi connectivity index (χ1n) is 8.81. The molecule has 0 bridgehead atoms. The molecule has 0 N–H and O–H groups in total. The van der Waals surface area contributed by atoms with Gasteiger partial charge in [-0.1, -0.05) is 59.3 Å². The van der Waals surface area contributed by atoms with Gasteiger partial charge in [0, 0.05) is 19.6 Å². The number of piperazine rings is 1. The lowest BCUT2D eigenvalue weighted by molar-refractivity contribution is 0.107. The predicted molar refractivity (Wildman–Crippen MR) is 90.2 cm³/mol. The third kappa shape index (κ3) is 7.13. The fraction of sp³-hybridized carbons (Fsp3) is 1.00. The maximum Gasteiger partial charge on any atom is 0.182 e. The van der Waals surface area contributed by atoms with Crippen molar-refractivity contribution < 1.29 is 0 Å². The van der Waals surface area contributed by atoms with E-state index in [9.17, 15) is 0 Å². The maximum atomic E-state index is 5.86. The number of nitrogens with zero attached hydrogens (tertiary/aromatic N) is 2. The Morgan fingerprint density at radius 3 is 2.05 bits per heavy atom. The molecule has 1 unspecified atom stereocenters. The molecule has 0 aromatic heterocycles. The van der Waals surface area contributed by atoms with Gasteiger partial charge in [-0.15, -0.1) is 0 Å². The van der Waals surface area contributed by atoms with E-state index in [-0.39, 0.29) is 0 Å². The zero-order valence-electron chi connectivity index (χ0n) is 14.2. The van der Waals surface area contributed by atoms with Gasteiger partial charge in [-0.05, 0) is 31.3 Å². The van der Waals surface area contributed by atoms with E-state index in [2.05, 4.69) is 25.7 Å². The lowest BCUT2D eigenvalue weighted by Gasteiger charge is -2.40. The van der Waals surface area contributed by atoms with Crippen LogP contribution >= 0.6 is 0 Å². The van der Waals surface area contributed by atoms with Gasteiger partial charge in [0.05, 0.1) is 0 Å². The highest BCUT2D eigenvalue weighted by molar-refractivity contribution is 6.04. The fourth-order valence-electron chi connectivity index (χ4n) is 3.33. The SMILES string of the molecule is [B]N1CCN(CC(C)(CCCC)CCCCCC)CC1. The summed E-state index contributed by atoms with van der Waals surface area (Å²) in [6.07, 6.45) is 11.0. The molecule has 3 heteroatoms. The van der Waals surface area contributed by atoms with Crippen molar-refractivity contribution in [3.8, 4) is 0 Å². The van der Waals surface area contributed by atoms with Crippen LogP contribution in [0, 0.1) is 5.41 Å². The molecular formula is C17H35BN2. The van der Waals surface area contributed by atoms with Gasteiger partial charge < -0.3 is 9.71 Å². The van der Waals surface area contributed by atoms with Crippen LogP contribution in [0.2, 0.25) is 0 Å². The largest absolute Gasteiger partial charge is 0.351 e. The summed E-state index contributed by atoms with van der Waals surface area (Å²) in [6, 6.07) is 0. The van der Waals surface area contributed by atoms with Crippen LogP contribution in [-0.2, 0) is 0 Å². The third-order valence-electron chi connectivity index (χ3n) is 4.78. The molecule has 1 atom stereocenters. The van der Waals surface area contributed by atoms with Gasteiger partial charge in [0.15, 0.2) is 7.98 Å². The topological polar surface area (TPSA) is 6.48 Å². The first-order chi connectivity index (χ1) is 9.59. The van der Waals surface area contributed by atoms with Gasteiger partial charge in [-0.25, -0.2) is 0 Å². The molecule has 1 aliphatic rings. The highest BCUT2D eigenvalue weighted by atomic mass is 15.2. The van der Waals surface area contributed by atoms with Gasteiger partial charge in [-0.2, -0.15) is 0 Å². The summed E-state index contributed by atoms with van der Waals surface area (Å²) in [7, 11) is 5.86. The van der Waals surface area contributed by atoms with Crippen LogP contribution in [0.4, 0.5) is 0 Å². The summed E-state index contributed by atoms with van der Waals surface area (Å²) in [4.78, 5) is 4.60. The van der Waals surface area contributed by atoms with Crippen LogP contribution in [-0.4, -0.2) is 50.4 Å². The molecule has 0 aliphatic carbocycles. The second kappa shape index (κ2) is 9.84. The van der Waals surface area contributed by atoms with Crippen LogP contribution in [0.5, 0.6) is 0 Å². The van der Waals surface area contributed by atoms with Crippen molar-refractivity contribution in [1.29, 1.82) is 0 Å². The summed E-state index contributed by atoms with van der Waals surface area (Å²) < 4.78 is 0. The van der Waals surface area contributed by atoms with Crippen LogP contribution in [0.25, 0.3) is 0 Å². The second-order valence-electron chi connectivity index (χ2n) is 7.04. The lowest BCUT2D eigenvalue weighted by Crippen LogP contribution is -2.48. The van der Waals surface area contributed by atoms with E-state index < -0.39 is 0 Å². The van der Waals surface area contributed by atoms with E-state index >= 15 is 0 Å². The van der Waals surface area contributed by atoms with Crippen molar-refractivity contribution in [2.24, 2.45) is 5.41 Å². The average Bonchev–Trinajstić information content (AvgIpc) is 2.44. The molecule has 2 nitrogen and oxygen atoms in total. The molecule has 20 heavy (non-hydrogen) atoms.